The Hall–Kier alpha value is -2.11. The van der Waals surface area contributed by atoms with Crippen LogP contribution in [0.25, 0.3) is 0 Å². The molecule has 5 rings (SSSR count). The molecule has 0 bridgehead atoms. The fourth-order valence-electron chi connectivity index (χ4n) is 5.72. The van der Waals surface area contributed by atoms with E-state index in [2.05, 4.69) is 26.0 Å². The Labute approximate surface area is 206 Å². The van der Waals surface area contributed by atoms with Crippen LogP contribution in [0.15, 0.2) is 18.2 Å². The summed E-state index contributed by atoms with van der Waals surface area (Å²) in [6, 6.07) is 4.85. The van der Waals surface area contributed by atoms with Gasteiger partial charge in [-0.2, -0.15) is 0 Å². The fourth-order valence-corrected chi connectivity index (χ4v) is 5.72. The molecule has 4 aliphatic heterocycles. The van der Waals surface area contributed by atoms with E-state index in [0.29, 0.717) is 19.5 Å². The molecule has 0 saturated carbocycles. The highest BCUT2D eigenvalue weighted by Crippen LogP contribution is 2.24. The zero-order chi connectivity index (χ0) is 24.2. The first-order valence-corrected chi connectivity index (χ1v) is 13.0. The average Bonchev–Trinajstić information content (AvgIpc) is 2.91. The standard InChI is InChI=1S/C25H37FN6O3/c26-21-4-3-18(17-22-23-19(2-1-5-27-23)24(33)29-28-22)16-20(21)25(34)32-10-8-30(9-11-32)6-7-31-12-14-35-15-13-31/h3-4,16,19,22-23,27-28H,1-2,5-15,17H2,(H,29,33). The largest absolute Gasteiger partial charge is 0.379 e. The summed E-state index contributed by atoms with van der Waals surface area (Å²) in [5.74, 6) is -0.753. The number of amides is 2. The van der Waals surface area contributed by atoms with E-state index in [4.69, 9.17) is 4.74 Å². The minimum absolute atomic E-state index is 0.0126. The van der Waals surface area contributed by atoms with Crippen molar-refractivity contribution in [2.75, 3.05) is 72.1 Å². The van der Waals surface area contributed by atoms with Crippen LogP contribution in [0, 0.1) is 11.7 Å². The molecule has 4 saturated heterocycles. The molecule has 4 fully saturated rings. The summed E-state index contributed by atoms with van der Waals surface area (Å²) in [6.45, 7) is 9.26. The van der Waals surface area contributed by atoms with Gasteiger partial charge >= 0.3 is 0 Å². The van der Waals surface area contributed by atoms with Gasteiger partial charge in [-0.25, -0.2) is 9.82 Å². The Kier molecular flexibility index (Phi) is 7.94. The lowest BCUT2D eigenvalue weighted by atomic mass is 9.82. The van der Waals surface area contributed by atoms with Gasteiger partial charge in [0.15, 0.2) is 0 Å². The molecule has 192 valence electrons. The molecule has 4 heterocycles. The molecule has 3 unspecified atom stereocenters. The van der Waals surface area contributed by atoms with Gasteiger partial charge in [-0.3, -0.25) is 24.8 Å². The van der Waals surface area contributed by atoms with Crippen LogP contribution in [0.5, 0.6) is 0 Å². The van der Waals surface area contributed by atoms with Gasteiger partial charge in [0.2, 0.25) is 5.91 Å². The molecule has 10 heteroatoms. The summed E-state index contributed by atoms with van der Waals surface area (Å²) in [5, 5.41) is 3.47. The maximum atomic E-state index is 14.7. The molecular formula is C25H37FN6O3. The third-order valence-electron chi connectivity index (χ3n) is 7.87. The summed E-state index contributed by atoms with van der Waals surface area (Å²) in [5.41, 5.74) is 6.94. The van der Waals surface area contributed by atoms with E-state index >= 15 is 0 Å². The van der Waals surface area contributed by atoms with E-state index in [1.54, 1.807) is 17.0 Å². The molecule has 0 spiro atoms. The van der Waals surface area contributed by atoms with Crippen molar-refractivity contribution < 1.29 is 18.7 Å². The number of carbonyl (C=O) groups is 2. The SMILES string of the molecule is O=C1NNC(Cc2ccc(F)c(C(=O)N3CCN(CCN4CCOCC4)CC3)c2)C2NCCCC12. The van der Waals surface area contributed by atoms with E-state index in [1.165, 1.54) is 6.07 Å². The molecule has 35 heavy (non-hydrogen) atoms. The first-order valence-electron chi connectivity index (χ1n) is 13.0. The van der Waals surface area contributed by atoms with Crippen molar-refractivity contribution in [2.24, 2.45) is 5.92 Å². The van der Waals surface area contributed by atoms with E-state index in [1.807, 2.05) is 0 Å². The first-order chi connectivity index (χ1) is 17.1. The summed E-state index contributed by atoms with van der Waals surface area (Å²) >= 11 is 0. The molecule has 0 aliphatic carbocycles. The van der Waals surface area contributed by atoms with Crippen molar-refractivity contribution in [1.29, 1.82) is 0 Å². The molecule has 1 aromatic rings. The number of halogens is 1. The number of carbonyl (C=O) groups excluding carboxylic acids is 2. The van der Waals surface area contributed by atoms with Crippen molar-refractivity contribution in [1.82, 2.24) is 30.9 Å². The molecule has 3 N–H and O–H groups in total. The van der Waals surface area contributed by atoms with Crippen molar-refractivity contribution in [2.45, 2.75) is 31.3 Å². The molecule has 9 nitrogen and oxygen atoms in total. The van der Waals surface area contributed by atoms with E-state index in [9.17, 15) is 14.0 Å². The van der Waals surface area contributed by atoms with Crippen LogP contribution in [0.1, 0.15) is 28.8 Å². The number of ether oxygens (including phenoxy) is 1. The predicted octanol–water partition coefficient (Wildman–Crippen LogP) is -0.171. The molecule has 4 aliphatic rings. The van der Waals surface area contributed by atoms with Crippen LogP contribution in [-0.2, 0) is 16.0 Å². The second-order valence-corrected chi connectivity index (χ2v) is 10.1. The van der Waals surface area contributed by atoms with Crippen LogP contribution < -0.4 is 16.2 Å². The smallest absolute Gasteiger partial charge is 0.256 e. The van der Waals surface area contributed by atoms with Gasteiger partial charge in [-0.15, -0.1) is 0 Å². The Morgan fingerprint density at radius 3 is 2.57 bits per heavy atom. The third kappa shape index (κ3) is 5.83. The summed E-state index contributed by atoms with van der Waals surface area (Å²) in [6.07, 6.45) is 2.45. The van der Waals surface area contributed by atoms with Gasteiger partial charge in [-0.05, 0) is 43.5 Å². The first kappa shape index (κ1) is 24.6. The van der Waals surface area contributed by atoms with Crippen LogP contribution in [0.3, 0.4) is 0 Å². The van der Waals surface area contributed by atoms with Crippen LogP contribution >= 0.6 is 0 Å². The van der Waals surface area contributed by atoms with E-state index < -0.39 is 5.82 Å². The normalized spacial score (nSPS) is 28.4. The number of hydrazine groups is 1. The number of piperazine rings is 1. The Bertz CT molecular complexity index is 903. The van der Waals surface area contributed by atoms with Crippen LogP contribution in [-0.4, -0.2) is 111 Å². The molecule has 3 atom stereocenters. The number of fused-ring (bicyclic) bond motifs is 1. The van der Waals surface area contributed by atoms with E-state index in [0.717, 1.165) is 77.4 Å². The number of piperidine rings is 1. The molecular weight excluding hydrogens is 451 g/mol. The van der Waals surface area contributed by atoms with E-state index in [-0.39, 0.29) is 35.4 Å². The summed E-state index contributed by atoms with van der Waals surface area (Å²) in [4.78, 5) is 32.0. The number of nitrogens with zero attached hydrogens (tertiary/aromatic N) is 3. The quantitative estimate of drug-likeness (QED) is 0.512. The summed E-state index contributed by atoms with van der Waals surface area (Å²) < 4.78 is 20.1. The Morgan fingerprint density at radius 2 is 1.80 bits per heavy atom. The van der Waals surface area contributed by atoms with Crippen molar-refractivity contribution in [3.63, 3.8) is 0 Å². The zero-order valence-corrected chi connectivity index (χ0v) is 20.3. The highest BCUT2D eigenvalue weighted by atomic mass is 19.1. The third-order valence-corrected chi connectivity index (χ3v) is 7.87. The molecule has 1 aromatic carbocycles. The molecule has 0 radical (unpaired) electrons. The monoisotopic (exact) mass is 488 g/mol. The lowest BCUT2D eigenvalue weighted by molar-refractivity contribution is -0.131. The lowest BCUT2D eigenvalue weighted by Crippen LogP contribution is -2.67. The minimum atomic E-state index is -0.480. The fraction of sp³-hybridized carbons (Fsp3) is 0.680. The number of nitrogens with one attached hydrogen (secondary N) is 3. The topological polar surface area (TPSA) is 89.2 Å². The number of rotatable bonds is 6. The number of hydrogen-bond donors (Lipinski definition) is 3. The Morgan fingerprint density at radius 1 is 1.06 bits per heavy atom. The zero-order valence-electron chi connectivity index (χ0n) is 20.3. The maximum absolute atomic E-state index is 14.7. The van der Waals surface area contributed by atoms with Crippen molar-refractivity contribution in [3.05, 3.63) is 35.1 Å². The van der Waals surface area contributed by atoms with Gasteiger partial charge in [0, 0.05) is 64.4 Å². The average molecular weight is 489 g/mol. The predicted molar refractivity (Wildman–Crippen MR) is 129 cm³/mol. The van der Waals surface area contributed by atoms with Gasteiger partial charge in [0.1, 0.15) is 5.82 Å². The molecule has 2 amide bonds. The molecule has 0 aromatic heterocycles. The second kappa shape index (κ2) is 11.3. The highest BCUT2D eigenvalue weighted by Gasteiger charge is 2.40. The lowest BCUT2D eigenvalue weighted by Gasteiger charge is -2.41. The summed E-state index contributed by atoms with van der Waals surface area (Å²) in [7, 11) is 0. The van der Waals surface area contributed by atoms with Crippen molar-refractivity contribution >= 4 is 11.8 Å². The van der Waals surface area contributed by atoms with Gasteiger partial charge in [0.05, 0.1) is 24.7 Å². The van der Waals surface area contributed by atoms with Crippen LogP contribution in [0.2, 0.25) is 0 Å². The number of morpholine rings is 1. The highest BCUT2D eigenvalue weighted by molar-refractivity contribution is 5.94. The number of benzene rings is 1. The van der Waals surface area contributed by atoms with Gasteiger partial charge in [0.25, 0.3) is 5.91 Å². The maximum Gasteiger partial charge on any atom is 0.256 e. The van der Waals surface area contributed by atoms with Crippen molar-refractivity contribution in [3.8, 4) is 0 Å². The number of hydrogen-bond acceptors (Lipinski definition) is 7. The van der Waals surface area contributed by atoms with Gasteiger partial charge in [-0.1, -0.05) is 6.07 Å². The van der Waals surface area contributed by atoms with Gasteiger partial charge < -0.3 is 15.0 Å². The Balaban J connectivity index is 1.16. The minimum Gasteiger partial charge on any atom is -0.379 e. The second-order valence-electron chi connectivity index (χ2n) is 10.1. The van der Waals surface area contributed by atoms with Crippen LogP contribution in [0.4, 0.5) is 4.39 Å².